The van der Waals surface area contributed by atoms with Crippen LogP contribution in [0.1, 0.15) is 21.5 Å². The number of aryl methyl sites for hydroxylation is 1. The molecule has 88 valence electrons. The predicted molar refractivity (Wildman–Crippen MR) is 68.8 cm³/mol. The lowest BCUT2D eigenvalue weighted by molar-refractivity contribution is 0.0949. The molecule has 2 aromatic rings. The summed E-state index contributed by atoms with van der Waals surface area (Å²) in [6.07, 6.45) is 1.48. The van der Waals surface area contributed by atoms with Crippen molar-refractivity contribution in [1.29, 1.82) is 0 Å². The molecule has 0 unspecified atom stereocenters. The number of hydrogen-bond acceptors (Lipinski definition) is 2. The smallest absolute Gasteiger partial charge is 0.256 e. The first-order valence-electron chi connectivity index (χ1n) is 5.23. The van der Waals surface area contributed by atoms with Crippen LogP contribution < -0.4 is 5.32 Å². The number of benzene rings is 1. The van der Waals surface area contributed by atoms with Crippen LogP contribution in [0.4, 0.5) is 0 Å². The van der Waals surface area contributed by atoms with Crippen molar-refractivity contribution in [3.8, 4) is 0 Å². The zero-order valence-corrected chi connectivity index (χ0v) is 11.0. The highest BCUT2D eigenvalue weighted by Gasteiger charge is 2.11. The lowest BCUT2D eigenvalue weighted by Gasteiger charge is -2.04. The number of nitrogens with one attached hydrogen (secondary N) is 1. The monoisotopic (exact) mass is 293 g/mol. The third-order valence-corrected chi connectivity index (χ3v) is 3.05. The number of carbonyl (C=O) groups excluding carboxylic acids is 1. The SMILES string of the molecule is Cc1ccc(CNC(=O)c2ccoc2Br)cc1. The largest absolute Gasteiger partial charge is 0.457 e. The van der Waals surface area contributed by atoms with Crippen molar-refractivity contribution < 1.29 is 9.21 Å². The fourth-order valence-corrected chi connectivity index (χ4v) is 1.86. The van der Waals surface area contributed by atoms with Gasteiger partial charge < -0.3 is 9.73 Å². The van der Waals surface area contributed by atoms with Gasteiger partial charge in [-0.05, 0) is 34.5 Å². The molecule has 0 bridgehead atoms. The van der Waals surface area contributed by atoms with Gasteiger partial charge in [0.1, 0.15) is 0 Å². The minimum atomic E-state index is -0.147. The standard InChI is InChI=1S/C13H12BrNO2/c1-9-2-4-10(5-3-9)8-15-13(16)11-6-7-17-12(11)14/h2-7H,8H2,1H3,(H,15,16). The second-order valence-corrected chi connectivity index (χ2v) is 4.50. The Balaban J connectivity index is 1.97. The summed E-state index contributed by atoms with van der Waals surface area (Å²) in [4.78, 5) is 11.8. The molecule has 1 aromatic carbocycles. The molecule has 0 saturated heterocycles. The Morgan fingerprint density at radius 1 is 1.29 bits per heavy atom. The van der Waals surface area contributed by atoms with Gasteiger partial charge in [0, 0.05) is 6.54 Å². The number of hydrogen-bond donors (Lipinski definition) is 1. The van der Waals surface area contributed by atoms with Crippen molar-refractivity contribution in [1.82, 2.24) is 5.32 Å². The molecule has 0 fully saturated rings. The molecular weight excluding hydrogens is 282 g/mol. The summed E-state index contributed by atoms with van der Waals surface area (Å²) in [5, 5.41) is 2.83. The number of furan rings is 1. The third kappa shape index (κ3) is 2.97. The lowest BCUT2D eigenvalue weighted by Crippen LogP contribution is -2.22. The molecule has 0 atom stereocenters. The second kappa shape index (κ2) is 5.19. The molecule has 1 amide bonds. The normalized spacial score (nSPS) is 10.2. The summed E-state index contributed by atoms with van der Waals surface area (Å²) in [7, 11) is 0. The molecule has 3 nitrogen and oxygen atoms in total. The zero-order chi connectivity index (χ0) is 12.3. The van der Waals surface area contributed by atoms with Crippen LogP contribution in [0.2, 0.25) is 0 Å². The van der Waals surface area contributed by atoms with E-state index in [-0.39, 0.29) is 5.91 Å². The van der Waals surface area contributed by atoms with Gasteiger partial charge >= 0.3 is 0 Å². The van der Waals surface area contributed by atoms with Crippen LogP contribution in [0.15, 0.2) is 45.7 Å². The topological polar surface area (TPSA) is 42.2 Å². The molecule has 2 rings (SSSR count). The molecule has 1 heterocycles. The van der Waals surface area contributed by atoms with Gasteiger partial charge in [0.25, 0.3) is 5.91 Å². The minimum Gasteiger partial charge on any atom is -0.457 e. The van der Waals surface area contributed by atoms with E-state index < -0.39 is 0 Å². The highest BCUT2D eigenvalue weighted by molar-refractivity contribution is 9.10. The Kier molecular flexibility index (Phi) is 3.64. The van der Waals surface area contributed by atoms with Crippen LogP contribution in [-0.4, -0.2) is 5.91 Å². The van der Waals surface area contributed by atoms with Crippen molar-refractivity contribution in [3.63, 3.8) is 0 Å². The van der Waals surface area contributed by atoms with Gasteiger partial charge in [-0.3, -0.25) is 4.79 Å². The van der Waals surface area contributed by atoms with E-state index in [0.717, 1.165) is 5.56 Å². The van der Waals surface area contributed by atoms with Gasteiger partial charge in [-0.1, -0.05) is 29.8 Å². The molecule has 0 aliphatic heterocycles. The maximum Gasteiger partial charge on any atom is 0.256 e. The van der Waals surface area contributed by atoms with Crippen molar-refractivity contribution >= 4 is 21.8 Å². The van der Waals surface area contributed by atoms with Crippen LogP contribution in [0.25, 0.3) is 0 Å². The van der Waals surface area contributed by atoms with E-state index in [4.69, 9.17) is 4.42 Å². The third-order valence-electron chi connectivity index (χ3n) is 2.44. The first-order chi connectivity index (χ1) is 8.16. The van der Waals surface area contributed by atoms with Crippen molar-refractivity contribution in [2.24, 2.45) is 0 Å². The maximum atomic E-state index is 11.8. The van der Waals surface area contributed by atoms with E-state index in [1.165, 1.54) is 11.8 Å². The number of halogens is 1. The number of carbonyl (C=O) groups is 1. The number of amides is 1. The molecule has 0 aliphatic carbocycles. The fraction of sp³-hybridized carbons (Fsp3) is 0.154. The fourth-order valence-electron chi connectivity index (χ4n) is 1.44. The average Bonchev–Trinajstić information content (AvgIpc) is 2.74. The summed E-state index contributed by atoms with van der Waals surface area (Å²) in [6, 6.07) is 9.68. The summed E-state index contributed by atoms with van der Waals surface area (Å²) in [5.41, 5.74) is 2.79. The Hall–Kier alpha value is -1.55. The quantitative estimate of drug-likeness (QED) is 0.944. The Bertz CT molecular complexity index is 516. The highest BCUT2D eigenvalue weighted by Crippen LogP contribution is 2.17. The van der Waals surface area contributed by atoms with Gasteiger partial charge in [0.2, 0.25) is 0 Å². The van der Waals surface area contributed by atoms with Crippen LogP contribution in [0.3, 0.4) is 0 Å². The van der Waals surface area contributed by atoms with Crippen molar-refractivity contribution in [2.75, 3.05) is 0 Å². The van der Waals surface area contributed by atoms with E-state index in [1.807, 2.05) is 31.2 Å². The van der Waals surface area contributed by atoms with E-state index in [9.17, 15) is 4.79 Å². The molecular formula is C13H12BrNO2. The zero-order valence-electron chi connectivity index (χ0n) is 9.37. The van der Waals surface area contributed by atoms with E-state index in [1.54, 1.807) is 6.07 Å². The summed E-state index contributed by atoms with van der Waals surface area (Å²) < 4.78 is 5.47. The number of rotatable bonds is 3. The molecule has 1 aromatic heterocycles. The molecule has 0 spiro atoms. The first kappa shape index (κ1) is 11.9. The minimum absolute atomic E-state index is 0.147. The molecule has 4 heteroatoms. The molecule has 0 saturated carbocycles. The van der Waals surface area contributed by atoms with Gasteiger partial charge in [-0.15, -0.1) is 0 Å². The van der Waals surface area contributed by atoms with E-state index in [2.05, 4.69) is 21.2 Å². The first-order valence-corrected chi connectivity index (χ1v) is 6.03. The molecule has 0 radical (unpaired) electrons. The van der Waals surface area contributed by atoms with Crippen molar-refractivity contribution in [2.45, 2.75) is 13.5 Å². The molecule has 0 aliphatic rings. The Morgan fingerprint density at radius 2 is 2.00 bits per heavy atom. The summed E-state index contributed by atoms with van der Waals surface area (Å²) in [5.74, 6) is -0.147. The van der Waals surface area contributed by atoms with Gasteiger partial charge in [0.15, 0.2) is 4.67 Å². The van der Waals surface area contributed by atoms with Crippen LogP contribution >= 0.6 is 15.9 Å². The van der Waals surface area contributed by atoms with Crippen LogP contribution in [-0.2, 0) is 6.54 Å². The van der Waals surface area contributed by atoms with Crippen LogP contribution in [0, 0.1) is 6.92 Å². The summed E-state index contributed by atoms with van der Waals surface area (Å²) >= 11 is 3.18. The van der Waals surface area contributed by atoms with Gasteiger partial charge in [0.05, 0.1) is 11.8 Å². The lowest BCUT2D eigenvalue weighted by atomic mass is 10.1. The van der Waals surface area contributed by atoms with Crippen LogP contribution in [0.5, 0.6) is 0 Å². The molecule has 17 heavy (non-hydrogen) atoms. The van der Waals surface area contributed by atoms with E-state index in [0.29, 0.717) is 16.8 Å². The Morgan fingerprint density at radius 3 is 2.59 bits per heavy atom. The summed E-state index contributed by atoms with van der Waals surface area (Å²) in [6.45, 7) is 2.54. The predicted octanol–water partition coefficient (Wildman–Crippen LogP) is 3.28. The van der Waals surface area contributed by atoms with E-state index >= 15 is 0 Å². The van der Waals surface area contributed by atoms with Gasteiger partial charge in [-0.25, -0.2) is 0 Å². The van der Waals surface area contributed by atoms with Gasteiger partial charge in [-0.2, -0.15) is 0 Å². The molecule has 1 N–H and O–H groups in total. The second-order valence-electron chi connectivity index (χ2n) is 3.78. The van der Waals surface area contributed by atoms with Crippen molar-refractivity contribution in [3.05, 3.63) is 58.0 Å². The average molecular weight is 294 g/mol. The maximum absolute atomic E-state index is 11.8. The Labute approximate surface area is 108 Å². The highest BCUT2D eigenvalue weighted by atomic mass is 79.9.